The smallest absolute Gasteiger partial charge is 0.254 e. The van der Waals surface area contributed by atoms with Gasteiger partial charge in [-0.3, -0.25) is 14.5 Å². The first-order valence-electron chi connectivity index (χ1n) is 10.1. The van der Waals surface area contributed by atoms with Crippen LogP contribution >= 0.6 is 0 Å². The van der Waals surface area contributed by atoms with Gasteiger partial charge in [0.25, 0.3) is 5.91 Å². The molecule has 0 bridgehead atoms. The van der Waals surface area contributed by atoms with E-state index in [9.17, 15) is 9.59 Å². The van der Waals surface area contributed by atoms with E-state index in [1.54, 1.807) is 0 Å². The molecule has 1 aromatic carbocycles. The van der Waals surface area contributed by atoms with Gasteiger partial charge in [-0.1, -0.05) is 26.0 Å². The van der Waals surface area contributed by atoms with Gasteiger partial charge in [-0.25, -0.2) is 0 Å². The lowest BCUT2D eigenvalue weighted by atomic mass is 9.80. The largest absolute Gasteiger partial charge is 0.378 e. The Hall–Kier alpha value is -1.96. The molecule has 154 valence electrons. The number of likely N-dealkylation sites (tertiary alicyclic amines) is 1. The number of morpholine rings is 1. The predicted molar refractivity (Wildman–Crippen MR) is 108 cm³/mol. The minimum Gasteiger partial charge on any atom is -0.378 e. The highest BCUT2D eigenvalue weighted by Gasteiger charge is 2.33. The molecule has 0 aromatic heterocycles. The first-order valence-corrected chi connectivity index (χ1v) is 10.1. The molecule has 3 rings (SSSR count). The van der Waals surface area contributed by atoms with Crippen molar-refractivity contribution in [2.24, 2.45) is 11.1 Å². The van der Waals surface area contributed by atoms with Gasteiger partial charge in [0.15, 0.2) is 0 Å². The summed E-state index contributed by atoms with van der Waals surface area (Å²) in [5.41, 5.74) is 7.84. The van der Waals surface area contributed by atoms with Gasteiger partial charge in [-0.15, -0.1) is 0 Å². The summed E-state index contributed by atoms with van der Waals surface area (Å²) in [6.45, 7) is 9.31. The highest BCUT2D eigenvalue weighted by molar-refractivity contribution is 5.94. The summed E-state index contributed by atoms with van der Waals surface area (Å²) in [6, 6.07) is 7.64. The molecule has 1 atom stereocenters. The SMILES string of the molecule is CC1(C)CN(CC(=O)NCc2ccc(C(=O)N3CCOCC3)cc2)CCC1N. The normalized spacial score (nSPS) is 22.7. The van der Waals surface area contributed by atoms with Crippen molar-refractivity contribution in [1.29, 1.82) is 0 Å². The molecule has 1 unspecified atom stereocenters. The molecule has 0 spiro atoms. The molecule has 2 aliphatic rings. The maximum atomic E-state index is 12.5. The summed E-state index contributed by atoms with van der Waals surface area (Å²) in [6.07, 6.45) is 0.916. The van der Waals surface area contributed by atoms with Crippen molar-refractivity contribution >= 4 is 11.8 Å². The van der Waals surface area contributed by atoms with Crippen LogP contribution in [0.2, 0.25) is 0 Å². The number of benzene rings is 1. The van der Waals surface area contributed by atoms with Gasteiger partial charge in [-0.2, -0.15) is 0 Å². The van der Waals surface area contributed by atoms with Crippen LogP contribution in [0.15, 0.2) is 24.3 Å². The van der Waals surface area contributed by atoms with E-state index in [1.165, 1.54) is 0 Å². The molecule has 7 nitrogen and oxygen atoms in total. The van der Waals surface area contributed by atoms with Crippen LogP contribution < -0.4 is 11.1 Å². The summed E-state index contributed by atoms with van der Waals surface area (Å²) < 4.78 is 5.29. The van der Waals surface area contributed by atoms with Gasteiger partial charge in [-0.05, 0) is 29.5 Å². The monoisotopic (exact) mass is 388 g/mol. The van der Waals surface area contributed by atoms with Gasteiger partial charge in [0, 0.05) is 44.3 Å². The minimum absolute atomic E-state index is 0.0136. The minimum atomic E-state index is 0.0136. The van der Waals surface area contributed by atoms with Crippen LogP contribution in [0.3, 0.4) is 0 Å². The van der Waals surface area contributed by atoms with Crippen LogP contribution in [0.4, 0.5) is 0 Å². The molecule has 0 radical (unpaired) electrons. The van der Waals surface area contributed by atoms with Crippen molar-refractivity contribution < 1.29 is 14.3 Å². The van der Waals surface area contributed by atoms with Gasteiger partial charge < -0.3 is 20.7 Å². The third-order valence-electron chi connectivity index (χ3n) is 5.75. The first-order chi connectivity index (χ1) is 13.3. The third kappa shape index (κ3) is 5.31. The highest BCUT2D eigenvalue weighted by Crippen LogP contribution is 2.27. The number of amides is 2. The average Bonchev–Trinajstić information content (AvgIpc) is 2.69. The van der Waals surface area contributed by atoms with E-state index in [1.807, 2.05) is 29.2 Å². The van der Waals surface area contributed by atoms with E-state index in [4.69, 9.17) is 10.5 Å². The summed E-state index contributed by atoms with van der Waals surface area (Å²) >= 11 is 0. The van der Waals surface area contributed by atoms with E-state index < -0.39 is 0 Å². The Kier molecular flexibility index (Phi) is 6.69. The molecular formula is C21H32N4O3. The number of piperidine rings is 1. The fourth-order valence-electron chi connectivity index (χ4n) is 3.79. The molecule has 2 aliphatic heterocycles. The van der Waals surface area contributed by atoms with Gasteiger partial charge in [0.1, 0.15) is 0 Å². The van der Waals surface area contributed by atoms with E-state index in [0.29, 0.717) is 45.0 Å². The molecule has 2 heterocycles. The zero-order chi connectivity index (χ0) is 20.1. The number of hydrogen-bond donors (Lipinski definition) is 2. The molecule has 2 saturated heterocycles. The maximum Gasteiger partial charge on any atom is 0.254 e. The predicted octanol–water partition coefficient (Wildman–Crippen LogP) is 0.834. The van der Waals surface area contributed by atoms with Crippen LogP contribution in [-0.2, 0) is 16.1 Å². The van der Waals surface area contributed by atoms with E-state index >= 15 is 0 Å². The van der Waals surface area contributed by atoms with Crippen molar-refractivity contribution in [2.75, 3.05) is 45.9 Å². The van der Waals surface area contributed by atoms with Crippen LogP contribution in [0.1, 0.15) is 36.2 Å². The van der Waals surface area contributed by atoms with Gasteiger partial charge >= 0.3 is 0 Å². The lowest BCUT2D eigenvalue weighted by Gasteiger charge is -2.42. The first kappa shape index (κ1) is 20.8. The summed E-state index contributed by atoms with van der Waals surface area (Å²) in [7, 11) is 0. The van der Waals surface area contributed by atoms with Gasteiger partial charge in [0.05, 0.1) is 19.8 Å². The van der Waals surface area contributed by atoms with Crippen molar-refractivity contribution in [1.82, 2.24) is 15.1 Å². The number of rotatable bonds is 5. The third-order valence-corrected chi connectivity index (χ3v) is 5.75. The van der Waals surface area contributed by atoms with Crippen molar-refractivity contribution in [3.63, 3.8) is 0 Å². The molecule has 1 aromatic rings. The van der Waals surface area contributed by atoms with Crippen molar-refractivity contribution in [3.05, 3.63) is 35.4 Å². The second-order valence-electron chi connectivity index (χ2n) is 8.47. The van der Waals surface area contributed by atoms with Crippen molar-refractivity contribution in [3.8, 4) is 0 Å². The fraction of sp³-hybridized carbons (Fsp3) is 0.619. The molecular weight excluding hydrogens is 356 g/mol. The van der Waals surface area contributed by atoms with E-state index in [-0.39, 0.29) is 23.3 Å². The molecule has 7 heteroatoms. The Bertz CT molecular complexity index is 683. The Labute approximate surface area is 167 Å². The van der Waals surface area contributed by atoms with Crippen LogP contribution in [0, 0.1) is 5.41 Å². The second kappa shape index (κ2) is 9.03. The molecule has 2 amide bonds. The van der Waals surface area contributed by atoms with Gasteiger partial charge in [0.2, 0.25) is 5.91 Å². The van der Waals surface area contributed by atoms with Crippen molar-refractivity contribution in [2.45, 2.75) is 32.9 Å². The van der Waals surface area contributed by atoms with Crippen LogP contribution in [-0.4, -0.2) is 73.6 Å². The Balaban J connectivity index is 1.45. The van der Waals surface area contributed by atoms with Crippen LogP contribution in [0.5, 0.6) is 0 Å². The van der Waals surface area contributed by atoms with E-state index in [2.05, 4.69) is 24.1 Å². The topological polar surface area (TPSA) is 87.9 Å². The highest BCUT2D eigenvalue weighted by atomic mass is 16.5. The number of nitrogens with one attached hydrogen (secondary N) is 1. The molecule has 0 saturated carbocycles. The Morgan fingerprint density at radius 3 is 2.50 bits per heavy atom. The van der Waals surface area contributed by atoms with E-state index in [0.717, 1.165) is 25.1 Å². The summed E-state index contributed by atoms with van der Waals surface area (Å²) in [4.78, 5) is 28.7. The lowest BCUT2D eigenvalue weighted by Crippen LogP contribution is -2.54. The number of carbonyl (C=O) groups is 2. The maximum absolute atomic E-state index is 12.5. The standard InChI is InChI=1S/C21H32N4O3/c1-21(2)15-24(8-7-18(21)22)14-19(26)23-13-16-3-5-17(6-4-16)20(27)25-9-11-28-12-10-25/h3-6,18H,7-15,22H2,1-2H3,(H,23,26). The van der Waals surface area contributed by atoms with Crippen LogP contribution in [0.25, 0.3) is 0 Å². The number of nitrogens with two attached hydrogens (primary N) is 1. The number of nitrogens with zero attached hydrogens (tertiary/aromatic N) is 2. The lowest BCUT2D eigenvalue weighted by molar-refractivity contribution is -0.123. The molecule has 0 aliphatic carbocycles. The fourth-order valence-corrected chi connectivity index (χ4v) is 3.79. The zero-order valence-electron chi connectivity index (χ0n) is 16.9. The number of ether oxygens (including phenoxy) is 1. The summed E-state index contributed by atoms with van der Waals surface area (Å²) in [5.74, 6) is 0.0459. The average molecular weight is 389 g/mol. The molecule has 28 heavy (non-hydrogen) atoms. The molecule has 2 fully saturated rings. The number of hydrogen-bond acceptors (Lipinski definition) is 5. The second-order valence-corrected chi connectivity index (χ2v) is 8.47. The quantitative estimate of drug-likeness (QED) is 0.780. The Morgan fingerprint density at radius 2 is 1.86 bits per heavy atom. The zero-order valence-corrected chi connectivity index (χ0v) is 16.9. The Morgan fingerprint density at radius 1 is 1.18 bits per heavy atom. The number of carbonyl (C=O) groups excluding carboxylic acids is 2. The summed E-state index contributed by atoms with van der Waals surface area (Å²) in [5, 5.41) is 2.97. The molecule has 3 N–H and O–H groups in total.